The molecule has 0 aliphatic rings. The molecule has 0 aliphatic carbocycles. The number of benzene rings is 1. The Morgan fingerprint density at radius 1 is 1.17 bits per heavy atom. The number of amides is 1. The smallest absolute Gasteiger partial charge is 0.314 e. The number of anilines is 1. The molecule has 0 bridgehead atoms. The molecule has 0 atom stereocenters. The Morgan fingerprint density at radius 2 is 1.83 bits per heavy atom. The largest absolute Gasteiger partial charge is 0.318 e. The molecule has 1 aromatic carbocycles. The first kappa shape index (κ1) is 8.78. The summed E-state index contributed by atoms with van der Waals surface area (Å²) in [5, 5.41) is 2.54. The van der Waals surface area contributed by atoms with Crippen molar-refractivity contribution in [1.82, 2.24) is 0 Å². The van der Waals surface area contributed by atoms with Gasteiger partial charge in [0.25, 0.3) is 0 Å². The molecule has 1 N–H and O–H groups in total. The van der Waals surface area contributed by atoms with E-state index in [1.165, 1.54) is 11.1 Å². The van der Waals surface area contributed by atoms with Crippen LogP contribution in [0.4, 0.5) is 5.69 Å². The third kappa shape index (κ3) is 1.47. The van der Waals surface area contributed by atoms with Crippen LogP contribution < -0.4 is 5.32 Å². The molecule has 12 heavy (non-hydrogen) atoms. The summed E-state index contributed by atoms with van der Waals surface area (Å²) in [7, 11) is 0. The van der Waals surface area contributed by atoms with Crippen LogP contribution >= 0.6 is 0 Å². The van der Waals surface area contributed by atoms with Crippen LogP contribution in [0.5, 0.6) is 0 Å². The standard InChI is InChI=1S/C10H12NO/c1-7-4-5-10(11-6-12)9(3)8(7)2/h4-5H,1-3H3,(H,11,12). The first-order valence-electron chi connectivity index (χ1n) is 3.86. The second kappa shape index (κ2) is 3.39. The fourth-order valence-corrected chi connectivity index (χ4v) is 1.15. The fraction of sp³-hybridized carbons (Fsp3) is 0.300. The summed E-state index contributed by atoms with van der Waals surface area (Å²) in [4.78, 5) is 10.1. The maximum atomic E-state index is 10.1. The van der Waals surface area contributed by atoms with E-state index >= 15 is 0 Å². The number of hydrogen-bond donors (Lipinski definition) is 1. The third-order valence-corrected chi connectivity index (χ3v) is 2.24. The van der Waals surface area contributed by atoms with Crippen molar-refractivity contribution in [3.05, 3.63) is 28.8 Å². The average molecular weight is 162 g/mol. The molecule has 0 heterocycles. The lowest BCUT2D eigenvalue weighted by atomic mass is 10.0. The lowest BCUT2D eigenvalue weighted by Crippen LogP contribution is -1.98. The quantitative estimate of drug-likeness (QED) is 0.663. The summed E-state index contributed by atoms with van der Waals surface area (Å²) in [6.07, 6.45) is 1.67. The summed E-state index contributed by atoms with van der Waals surface area (Å²) in [6, 6.07) is 3.88. The summed E-state index contributed by atoms with van der Waals surface area (Å²) in [5.74, 6) is 0. The van der Waals surface area contributed by atoms with Gasteiger partial charge in [-0.25, -0.2) is 0 Å². The van der Waals surface area contributed by atoms with E-state index in [1.807, 2.05) is 26.0 Å². The first-order chi connectivity index (χ1) is 5.66. The van der Waals surface area contributed by atoms with Gasteiger partial charge in [0, 0.05) is 5.69 Å². The topological polar surface area (TPSA) is 29.1 Å². The molecule has 2 heteroatoms. The van der Waals surface area contributed by atoms with Crippen molar-refractivity contribution in [2.75, 3.05) is 5.32 Å². The Kier molecular flexibility index (Phi) is 2.48. The molecule has 1 rings (SSSR count). The zero-order valence-corrected chi connectivity index (χ0v) is 7.56. The monoisotopic (exact) mass is 162 g/mol. The summed E-state index contributed by atoms with van der Waals surface area (Å²) in [6.45, 7) is 6.08. The molecule has 2 nitrogen and oxygen atoms in total. The van der Waals surface area contributed by atoms with Crippen molar-refractivity contribution in [2.45, 2.75) is 20.8 Å². The molecular weight excluding hydrogens is 150 g/mol. The number of carbonyl (C=O) groups excluding carboxylic acids is 1. The van der Waals surface area contributed by atoms with Crippen molar-refractivity contribution >= 4 is 12.1 Å². The van der Waals surface area contributed by atoms with E-state index in [-0.39, 0.29) is 0 Å². The molecule has 63 valence electrons. The Balaban J connectivity index is 3.16. The second-order valence-electron chi connectivity index (χ2n) is 2.91. The molecule has 1 radical (unpaired) electrons. The highest BCUT2D eigenvalue weighted by Gasteiger charge is 2.01. The lowest BCUT2D eigenvalue weighted by Gasteiger charge is -2.08. The highest BCUT2D eigenvalue weighted by atomic mass is 16.1. The number of rotatable bonds is 2. The average Bonchev–Trinajstić information content (AvgIpc) is 2.07. The van der Waals surface area contributed by atoms with Crippen molar-refractivity contribution in [3.63, 3.8) is 0 Å². The van der Waals surface area contributed by atoms with Crippen LogP contribution in [0.25, 0.3) is 0 Å². The fourth-order valence-electron chi connectivity index (χ4n) is 1.15. The highest BCUT2D eigenvalue weighted by Crippen LogP contribution is 2.20. The van der Waals surface area contributed by atoms with Crippen LogP contribution in [0, 0.1) is 20.8 Å². The van der Waals surface area contributed by atoms with Crippen molar-refractivity contribution in [1.29, 1.82) is 0 Å². The minimum absolute atomic E-state index is 0.841. The maximum Gasteiger partial charge on any atom is 0.314 e. The van der Waals surface area contributed by atoms with Crippen molar-refractivity contribution in [3.8, 4) is 0 Å². The van der Waals surface area contributed by atoms with Crippen LogP contribution in [-0.2, 0) is 4.79 Å². The first-order valence-corrected chi connectivity index (χ1v) is 3.86. The van der Waals surface area contributed by atoms with Crippen LogP contribution in [0.3, 0.4) is 0 Å². The summed E-state index contributed by atoms with van der Waals surface area (Å²) >= 11 is 0. The SMILES string of the molecule is Cc1ccc(N[C]=O)c(C)c1C. The van der Waals surface area contributed by atoms with Gasteiger partial charge >= 0.3 is 6.41 Å². The molecule has 0 spiro atoms. The van der Waals surface area contributed by atoms with Crippen LogP contribution in [-0.4, -0.2) is 6.41 Å². The third-order valence-electron chi connectivity index (χ3n) is 2.24. The van der Waals surface area contributed by atoms with Gasteiger partial charge in [0.05, 0.1) is 0 Å². The Bertz CT molecular complexity index is 305. The molecule has 1 aromatic rings. The van der Waals surface area contributed by atoms with Gasteiger partial charge in [0.15, 0.2) is 0 Å². The van der Waals surface area contributed by atoms with Crippen LogP contribution in [0.2, 0.25) is 0 Å². The predicted octanol–water partition coefficient (Wildman–Crippen LogP) is 2.09. The maximum absolute atomic E-state index is 10.1. The number of aryl methyl sites for hydroxylation is 1. The summed E-state index contributed by atoms with van der Waals surface area (Å²) < 4.78 is 0. The Hall–Kier alpha value is -1.31. The Labute approximate surface area is 72.6 Å². The van der Waals surface area contributed by atoms with Crippen LogP contribution in [0.15, 0.2) is 12.1 Å². The normalized spacial score (nSPS) is 9.58. The number of hydrogen-bond acceptors (Lipinski definition) is 1. The van der Waals surface area contributed by atoms with Gasteiger partial charge in [-0.3, -0.25) is 4.79 Å². The minimum atomic E-state index is 0.841. The molecule has 0 unspecified atom stereocenters. The minimum Gasteiger partial charge on any atom is -0.318 e. The van der Waals surface area contributed by atoms with E-state index in [9.17, 15) is 4.79 Å². The van der Waals surface area contributed by atoms with Gasteiger partial charge in [0.2, 0.25) is 0 Å². The van der Waals surface area contributed by atoms with Crippen LogP contribution in [0.1, 0.15) is 16.7 Å². The summed E-state index contributed by atoms with van der Waals surface area (Å²) in [5.41, 5.74) is 4.41. The van der Waals surface area contributed by atoms with Crippen molar-refractivity contribution in [2.24, 2.45) is 0 Å². The molecule has 0 saturated carbocycles. The molecule has 0 fully saturated rings. The van der Waals surface area contributed by atoms with Gasteiger partial charge in [-0.05, 0) is 43.5 Å². The molecule has 0 aromatic heterocycles. The molecule has 1 amide bonds. The number of nitrogens with one attached hydrogen (secondary N) is 1. The zero-order chi connectivity index (χ0) is 9.14. The van der Waals surface area contributed by atoms with Gasteiger partial charge in [-0.15, -0.1) is 0 Å². The predicted molar refractivity (Wildman–Crippen MR) is 50.0 cm³/mol. The van der Waals surface area contributed by atoms with Gasteiger partial charge in [-0.2, -0.15) is 0 Å². The van der Waals surface area contributed by atoms with E-state index in [1.54, 1.807) is 6.41 Å². The molecule has 0 saturated heterocycles. The lowest BCUT2D eigenvalue weighted by molar-refractivity contribution is 0.561. The van der Waals surface area contributed by atoms with Gasteiger partial charge in [0.1, 0.15) is 0 Å². The van der Waals surface area contributed by atoms with Crippen molar-refractivity contribution < 1.29 is 4.79 Å². The highest BCUT2D eigenvalue weighted by molar-refractivity contribution is 5.74. The second-order valence-corrected chi connectivity index (χ2v) is 2.91. The van der Waals surface area contributed by atoms with E-state index < -0.39 is 0 Å². The van der Waals surface area contributed by atoms with E-state index in [0.29, 0.717) is 0 Å². The van der Waals surface area contributed by atoms with Gasteiger partial charge < -0.3 is 5.32 Å². The van der Waals surface area contributed by atoms with E-state index in [4.69, 9.17) is 0 Å². The molecular formula is C10H12NO. The molecule has 0 aliphatic heterocycles. The van der Waals surface area contributed by atoms with Gasteiger partial charge in [-0.1, -0.05) is 6.07 Å². The van der Waals surface area contributed by atoms with E-state index in [0.717, 1.165) is 11.3 Å². The Morgan fingerprint density at radius 3 is 2.42 bits per heavy atom. The zero-order valence-electron chi connectivity index (χ0n) is 7.56. The van der Waals surface area contributed by atoms with E-state index in [2.05, 4.69) is 12.2 Å².